The van der Waals surface area contributed by atoms with Crippen LogP contribution in [0.3, 0.4) is 0 Å². The number of carbonyl (C=O) groups excluding carboxylic acids is 1. The molecule has 3 heterocycles. The Morgan fingerprint density at radius 1 is 1.16 bits per heavy atom. The lowest BCUT2D eigenvalue weighted by molar-refractivity contribution is -0.161. The highest BCUT2D eigenvalue weighted by Gasteiger charge is 2.50. The minimum Gasteiger partial charge on any atom is -0.481 e. The van der Waals surface area contributed by atoms with Crippen LogP contribution in [0.2, 0.25) is 0 Å². The summed E-state index contributed by atoms with van der Waals surface area (Å²) in [6.45, 7) is 1.98. The zero-order valence-corrected chi connectivity index (χ0v) is 17.2. The quantitative estimate of drug-likeness (QED) is 0.654. The zero-order chi connectivity index (χ0) is 22.0. The first-order valence-electron chi connectivity index (χ1n) is 10.1. The van der Waals surface area contributed by atoms with Crippen molar-refractivity contribution in [1.29, 1.82) is 0 Å². The smallest absolute Gasteiger partial charge is 0.314 e. The van der Waals surface area contributed by atoms with Gasteiger partial charge in [-0.05, 0) is 37.5 Å². The number of rotatable bonds is 5. The molecule has 2 N–H and O–H groups in total. The molecule has 8 nitrogen and oxygen atoms in total. The number of aromatic nitrogens is 3. The molecule has 0 saturated carbocycles. The Morgan fingerprint density at radius 2 is 1.90 bits per heavy atom. The molecule has 1 saturated heterocycles. The Labute approximate surface area is 179 Å². The molecule has 1 amide bonds. The lowest BCUT2D eigenvalue weighted by atomic mass is 9.72. The van der Waals surface area contributed by atoms with Crippen LogP contribution in [0.15, 0.2) is 60.9 Å². The van der Waals surface area contributed by atoms with Crippen molar-refractivity contribution in [2.45, 2.75) is 25.9 Å². The molecule has 2 aromatic heterocycles. The summed E-state index contributed by atoms with van der Waals surface area (Å²) in [7, 11) is 0. The van der Waals surface area contributed by atoms with Crippen molar-refractivity contribution in [3.8, 4) is 5.82 Å². The molecule has 4 rings (SSSR count). The van der Waals surface area contributed by atoms with E-state index in [1.165, 1.54) is 11.1 Å². The van der Waals surface area contributed by atoms with Gasteiger partial charge in [0.05, 0.1) is 23.6 Å². The fraction of sp³-hybridized carbons (Fsp3) is 0.304. The van der Waals surface area contributed by atoms with Crippen molar-refractivity contribution in [2.75, 3.05) is 13.1 Å². The molecule has 3 aromatic rings. The van der Waals surface area contributed by atoms with Crippen LogP contribution in [0.5, 0.6) is 0 Å². The molecular formula is C23H24N4O4. The van der Waals surface area contributed by atoms with Gasteiger partial charge < -0.3 is 15.1 Å². The van der Waals surface area contributed by atoms with Crippen molar-refractivity contribution >= 4 is 11.9 Å². The summed E-state index contributed by atoms with van der Waals surface area (Å²) >= 11 is 0. The van der Waals surface area contributed by atoms with E-state index in [1.54, 1.807) is 29.9 Å². The maximum Gasteiger partial charge on any atom is 0.314 e. The Morgan fingerprint density at radius 3 is 2.58 bits per heavy atom. The van der Waals surface area contributed by atoms with Crippen LogP contribution in [0.4, 0.5) is 0 Å². The van der Waals surface area contributed by atoms with Crippen molar-refractivity contribution in [2.24, 2.45) is 5.41 Å². The molecule has 1 aliphatic heterocycles. The van der Waals surface area contributed by atoms with E-state index in [1.807, 2.05) is 36.4 Å². The Hall–Kier alpha value is -3.52. The molecule has 31 heavy (non-hydrogen) atoms. The SMILES string of the molecule is Cc1c(C(=O)N2CC[C@@H](O)[C@](Cc3ccccc3)(C(=O)O)C2)cnn1-c1ccccn1. The third kappa shape index (κ3) is 3.82. The second-order valence-electron chi connectivity index (χ2n) is 7.90. The number of carboxylic acids is 1. The average Bonchev–Trinajstić information content (AvgIpc) is 3.17. The number of piperidine rings is 1. The van der Waals surface area contributed by atoms with Crippen LogP contribution >= 0.6 is 0 Å². The number of aliphatic hydroxyl groups is 1. The monoisotopic (exact) mass is 420 g/mol. The van der Waals surface area contributed by atoms with Gasteiger partial charge in [0, 0.05) is 19.3 Å². The van der Waals surface area contributed by atoms with Crippen molar-refractivity contribution in [1.82, 2.24) is 19.7 Å². The van der Waals surface area contributed by atoms with Crippen molar-refractivity contribution in [3.05, 3.63) is 77.7 Å². The summed E-state index contributed by atoms with van der Waals surface area (Å²) in [5.41, 5.74) is 0.345. The molecule has 1 fully saturated rings. The van der Waals surface area contributed by atoms with Crippen LogP contribution in [0.1, 0.15) is 28.0 Å². The van der Waals surface area contributed by atoms with E-state index >= 15 is 0 Å². The molecule has 8 heteroatoms. The zero-order valence-electron chi connectivity index (χ0n) is 17.2. The molecule has 1 aliphatic rings. The number of aliphatic hydroxyl groups excluding tert-OH is 1. The highest BCUT2D eigenvalue weighted by molar-refractivity contribution is 5.95. The van der Waals surface area contributed by atoms with Gasteiger partial charge in [-0.3, -0.25) is 9.59 Å². The molecular weight excluding hydrogens is 396 g/mol. The van der Waals surface area contributed by atoms with E-state index in [4.69, 9.17) is 0 Å². The number of carboxylic acid groups (broad SMARTS) is 1. The lowest BCUT2D eigenvalue weighted by Gasteiger charge is -2.43. The predicted molar refractivity (Wildman–Crippen MR) is 113 cm³/mol. The minimum absolute atomic E-state index is 0.0779. The summed E-state index contributed by atoms with van der Waals surface area (Å²) in [4.78, 5) is 31.4. The number of benzene rings is 1. The number of amides is 1. The molecule has 0 aliphatic carbocycles. The average molecular weight is 420 g/mol. The number of pyridine rings is 1. The fourth-order valence-electron chi connectivity index (χ4n) is 4.17. The first-order valence-corrected chi connectivity index (χ1v) is 10.1. The number of likely N-dealkylation sites (tertiary alicyclic amines) is 1. The third-order valence-corrected chi connectivity index (χ3v) is 5.97. The van der Waals surface area contributed by atoms with Gasteiger partial charge in [-0.15, -0.1) is 0 Å². The number of hydrogen-bond acceptors (Lipinski definition) is 5. The number of hydrogen-bond donors (Lipinski definition) is 2. The van der Waals surface area contributed by atoms with Crippen LogP contribution in [0, 0.1) is 12.3 Å². The number of carbonyl (C=O) groups is 2. The molecule has 0 bridgehead atoms. The molecule has 0 unspecified atom stereocenters. The summed E-state index contributed by atoms with van der Waals surface area (Å²) < 4.78 is 1.58. The fourth-order valence-corrected chi connectivity index (χ4v) is 4.17. The Balaban J connectivity index is 1.62. The van der Waals surface area contributed by atoms with E-state index in [0.717, 1.165) is 5.56 Å². The first-order chi connectivity index (χ1) is 14.9. The van der Waals surface area contributed by atoms with E-state index < -0.39 is 17.5 Å². The van der Waals surface area contributed by atoms with Gasteiger partial charge in [0.15, 0.2) is 5.82 Å². The van der Waals surface area contributed by atoms with E-state index in [0.29, 0.717) is 17.1 Å². The summed E-state index contributed by atoms with van der Waals surface area (Å²) in [5.74, 6) is -0.815. The maximum absolute atomic E-state index is 13.3. The van der Waals surface area contributed by atoms with E-state index in [-0.39, 0.29) is 31.8 Å². The highest BCUT2D eigenvalue weighted by Crippen LogP contribution is 2.35. The molecule has 1 aromatic carbocycles. The topological polar surface area (TPSA) is 109 Å². The van der Waals surface area contributed by atoms with Crippen LogP contribution < -0.4 is 0 Å². The summed E-state index contributed by atoms with van der Waals surface area (Å²) in [6.07, 6.45) is 2.41. The standard InChI is InChI=1S/C23H24N4O4/c1-16-18(14-25-27(16)20-9-5-6-11-24-20)21(29)26-12-10-19(28)23(15-26,22(30)31)13-17-7-3-2-4-8-17/h2-9,11,14,19,28H,10,12-13,15H2,1H3,(H,30,31)/t19-,23-/m1/s1. The molecule has 2 atom stereocenters. The number of aliphatic carboxylic acids is 1. The van der Waals surface area contributed by atoms with Crippen molar-refractivity contribution in [3.63, 3.8) is 0 Å². The maximum atomic E-state index is 13.3. The first kappa shape index (κ1) is 20.7. The van der Waals surface area contributed by atoms with Gasteiger partial charge in [0.2, 0.25) is 0 Å². The second-order valence-corrected chi connectivity index (χ2v) is 7.90. The van der Waals surface area contributed by atoms with E-state index in [2.05, 4.69) is 10.1 Å². The van der Waals surface area contributed by atoms with Gasteiger partial charge in [0.25, 0.3) is 5.91 Å². The van der Waals surface area contributed by atoms with Gasteiger partial charge in [-0.1, -0.05) is 36.4 Å². The predicted octanol–water partition coefficient (Wildman–Crippen LogP) is 2.10. The van der Waals surface area contributed by atoms with Crippen LogP contribution in [-0.4, -0.2) is 60.9 Å². The molecule has 0 radical (unpaired) electrons. The van der Waals surface area contributed by atoms with Gasteiger partial charge in [-0.2, -0.15) is 5.10 Å². The van der Waals surface area contributed by atoms with Gasteiger partial charge >= 0.3 is 5.97 Å². The minimum atomic E-state index is -1.47. The summed E-state index contributed by atoms with van der Waals surface area (Å²) in [6, 6.07) is 14.6. The number of nitrogens with zero attached hydrogens (tertiary/aromatic N) is 4. The van der Waals surface area contributed by atoms with Gasteiger partial charge in [0.1, 0.15) is 5.41 Å². The lowest BCUT2D eigenvalue weighted by Crippen LogP contribution is -2.58. The Bertz CT molecular complexity index is 1080. The highest BCUT2D eigenvalue weighted by atomic mass is 16.4. The molecule has 0 spiro atoms. The summed E-state index contributed by atoms with van der Waals surface area (Å²) in [5, 5.41) is 25.1. The van der Waals surface area contributed by atoms with E-state index in [9.17, 15) is 19.8 Å². The largest absolute Gasteiger partial charge is 0.481 e. The second kappa shape index (κ2) is 8.31. The van der Waals surface area contributed by atoms with Gasteiger partial charge in [-0.25, -0.2) is 9.67 Å². The third-order valence-electron chi connectivity index (χ3n) is 5.97. The van der Waals surface area contributed by atoms with Crippen molar-refractivity contribution < 1.29 is 19.8 Å². The van der Waals surface area contributed by atoms with Crippen LogP contribution in [-0.2, 0) is 11.2 Å². The Kier molecular flexibility index (Phi) is 5.56. The molecule has 160 valence electrons. The normalized spacial score (nSPS) is 21.1. The van der Waals surface area contributed by atoms with Crippen LogP contribution in [0.25, 0.3) is 5.82 Å².